The highest BCUT2D eigenvalue weighted by Gasteiger charge is 2.11. The molecule has 0 aliphatic carbocycles. The van der Waals surface area contributed by atoms with Gasteiger partial charge in [0.15, 0.2) is 6.61 Å². The molecule has 0 atom stereocenters. The van der Waals surface area contributed by atoms with E-state index in [9.17, 15) is 9.59 Å². The van der Waals surface area contributed by atoms with Gasteiger partial charge in [-0.15, -0.1) is 0 Å². The van der Waals surface area contributed by atoms with Crippen LogP contribution in [0.1, 0.15) is 12.0 Å². The maximum Gasteiger partial charge on any atom is 0.306 e. The van der Waals surface area contributed by atoms with Gasteiger partial charge in [-0.2, -0.15) is 0 Å². The number of ether oxygens (including phenoxy) is 3. The van der Waals surface area contributed by atoms with Crippen LogP contribution in [0.5, 0.6) is 11.5 Å². The zero-order chi connectivity index (χ0) is 19.8. The third kappa shape index (κ3) is 6.77. The van der Waals surface area contributed by atoms with Gasteiger partial charge in [-0.3, -0.25) is 9.59 Å². The first kappa shape index (κ1) is 21.1. The molecule has 0 spiro atoms. The zero-order valence-electron chi connectivity index (χ0n) is 14.9. The molecule has 0 heterocycles. The predicted molar refractivity (Wildman–Crippen MR) is 107 cm³/mol. The van der Waals surface area contributed by atoms with Gasteiger partial charge in [-0.1, -0.05) is 27.5 Å². The summed E-state index contributed by atoms with van der Waals surface area (Å²) in [6.45, 7) is -0.382. The summed E-state index contributed by atoms with van der Waals surface area (Å²) in [6, 6.07) is 10.4. The van der Waals surface area contributed by atoms with Crippen LogP contribution in [0.4, 0.5) is 5.69 Å². The Morgan fingerprint density at radius 2 is 1.74 bits per heavy atom. The number of rotatable bonds is 8. The lowest BCUT2D eigenvalue weighted by molar-refractivity contribution is -0.147. The van der Waals surface area contributed by atoms with Crippen LogP contribution in [0.25, 0.3) is 0 Å². The van der Waals surface area contributed by atoms with E-state index in [0.717, 1.165) is 10.0 Å². The predicted octanol–water partition coefficient (Wildman–Crippen LogP) is 4.23. The van der Waals surface area contributed by atoms with E-state index in [1.807, 2.05) is 12.1 Å². The highest BCUT2D eigenvalue weighted by molar-refractivity contribution is 9.10. The number of carbonyl (C=O) groups excluding carboxylic acids is 2. The smallest absolute Gasteiger partial charge is 0.306 e. The molecule has 8 heteroatoms. The van der Waals surface area contributed by atoms with Gasteiger partial charge in [0.2, 0.25) is 0 Å². The van der Waals surface area contributed by atoms with E-state index >= 15 is 0 Å². The summed E-state index contributed by atoms with van der Waals surface area (Å²) in [7, 11) is 3.12. The molecular weight excluding hydrogens is 438 g/mol. The van der Waals surface area contributed by atoms with Crippen molar-refractivity contribution in [2.45, 2.75) is 12.8 Å². The molecule has 0 saturated carbocycles. The minimum Gasteiger partial charge on any atom is -0.497 e. The number of esters is 1. The normalized spacial score (nSPS) is 10.2. The van der Waals surface area contributed by atoms with Crippen LogP contribution in [-0.2, 0) is 20.7 Å². The SMILES string of the molecule is COc1cc(CCC(=O)OCC(=O)Nc2ccc(Br)cc2Cl)cc(OC)c1. The van der Waals surface area contributed by atoms with E-state index in [1.165, 1.54) is 0 Å². The first-order valence-corrected chi connectivity index (χ1v) is 9.21. The van der Waals surface area contributed by atoms with Gasteiger partial charge in [0.25, 0.3) is 5.91 Å². The van der Waals surface area contributed by atoms with Crippen molar-refractivity contribution in [3.05, 3.63) is 51.5 Å². The highest BCUT2D eigenvalue weighted by atomic mass is 79.9. The Morgan fingerprint density at radius 1 is 1.07 bits per heavy atom. The first-order valence-electron chi connectivity index (χ1n) is 8.03. The molecule has 0 aliphatic rings. The number of halogens is 2. The van der Waals surface area contributed by atoms with E-state index in [-0.39, 0.29) is 13.0 Å². The molecule has 1 N–H and O–H groups in total. The van der Waals surface area contributed by atoms with Gasteiger partial charge in [-0.05, 0) is 42.3 Å². The van der Waals surface area contributed by atoms with Gasteiger partial charge in [0.05, 0.1) is 24.9 Å². The third-order valence-electron chi connectivity index (χ3n) is 3.60. The second-order valence-electron chi connectivity index (χ2n) is 5.55. The van der Waals surface area contributed by atoms with Crippen molar-refractivity contribution in [2.75, 3.05) is 26.1 Å². The Kier molecular flexibility index (Phi) is 7.94. The summed E-state index contributed by atoms with van der Waals surface area (Å²) in [5.74, 6) is 0.344. The molecule has 0 unspecified atom stereocenters. The summed E-state index contributed by atoms with van der Waals surface area (Å²) in [6.07, 6.45) is 0.565. The lowest BCUT2D eigenvalue weighted by Crippen LogP contribution is -2.21. The number of benzene rings is 2. The maximum atomic E-state index is 11.9. The molecule has 0 radical (unpaired) electrons. The lowest BCUT2D eigenvalue weighted by atomic mass is 10.1. The number of hydrogen-bond acceptors (Lipinski definition) is 5. The lowest BCUT2D eigenvalue weighted by Gasteiger charge is -2.09. The van der Waals surface area contributed by atoms with E-state index in [0.29, 0.717) is 28.6 Å². The van der Waals surface area contributed by atoms with E-state index < -0.39 is 11.9 Å². The average Bonchev–Trinajstić information content (AvgIpc) is 2.66. The van der Waals surface area contributed by atoms with E-state index in [4.69, 9.17) is 25.8 Å². The molecule has 2 rings (SSSR count). The van der Waals surface area contributed by atoms with E-state index in [1.54, 1.807) is 38.5 Å². The second-order valence-corrected chi connectivity index (χ2v) is 6.88. The molecule has 0 saturated heterocycles. The highest BCUT2D eigenvalue weighted by Crippen LogP contribution is 2.25. The van der Waals surface area contributed by atoms with Gasteiger partial charge in [0, 0.05) is 17.0 Å². The van der Waals surface area contributed by atoms with Gasteiger partial charge in [-0.25, -0.2) is 0 Å². The van der Waals surface area contributed by atoms with Crippen LogP contribution < -0.4 is 14.8 Å². The summed E-state index contributed by atoms with van der Waals surface area (Å²) in [4.78, 5) is 23.8. The van der Waals surface area contributed by atoms with Crippen LogP contribution in [0, 0.1) is 0 Å². The zero-order valence-corrected chi connectivity index (χ0v) is 17.2. The van der Waals surface area contributed by atoms with E-state index in [2.05, 4.69) is 21.2 Å². The van der Waals surface area contributed by atoms with Crippen molar-refractivity contribution in [3.8, 4) is 11.5 Å². The molecular formula is C19H19BrClNO5. The van der Waals surface area contributed by atoms with Crippen LogP contribution in [0.3, 0.4) is 0 Å². The minimum atomic E-state index is -0.478. The fourth-order valence-electron chi connectivity index (χ4n) is 2.25. The Balaban J connectivity index is 1.81. The average molecular weight is 457 g/mol. The summed E-state index contributed by atoms with van der Waals surface area (Å²) >= 11 is 9.31. The molecule has 27 heavy (non-hydrogen) atoms. The third-order valence-corrected chi connectivity index (χ3v) is 4.40. The largest absolute Gasteiger partial charge is 0.497 e. The van der Waals surface area contributed by atoms with Crippen LogP contribution in [0.15, 0.2) is 40.9 Å². The van der Waals surface area contributed by atoms with Crippen molar-refractivity contribution < 1.29 is 23.8 Å². The first-order chi connectivity index (χ1) is 12.9. The number of aryl methyl sites for hydroxylation is 1. The van der Waals surface area contributed by atoms with Crippen LogP contribution >= 0.6 is 27.5 Å². The van der Waals surface area contributed by atoms with Crippen LogP contribution in [-0.4, -0.2) is 32.7 Å². The number of anilines is 1. The standard InChI is InChI=1S/C19H19BrClNO5/c1-25-14-7-12(8-15(10-14)26-2)3-6-19(24)27-11-18(23)22-17-5-4-13(20)9-16(17)21/h4-5,7-10H,3,6,11H2,1-2H3,(H,22,23). The molecule has 6 nitrogen and oxygen atoms in total. The maximum absolute atomic E-state index is 11.9. The Bertz CT molecular complexity index is 805. The fourth-order valence-corrected chi connectivity index (χ4v) is 2.97. The quantitative estimate of drug-likeness (QED) is 0.602. The molecule has 0 fully saturated rings. The number of hydrogen-bond donors (Lipinski definition) is 1. The summed E-state index contributed by atoms with van der Waals surface area (Å²) in [5.41, 5.74) is 1.32. The van der Waals surface area contributed by atoms with Crippen molar-refractivity contribution in [1.29, 1.82) is 0 Å². The number of nitrogens with one attached hydrogen (secondary N) is 1. The second kappa shape index (κ2) is 10.2. The van der Waals surface area contributed by atoms with Gasteiger partial charge < -0.3 is 19.5 Å². The Morgan fingerprint density at radius 3 is 2.33 bits per heavy atom. The number of amides is 1. The minimum absolute atomic E-state index is 0.128. The van der Waals surface area contributed by atoms with Crippen molar-refractivity contribution in [3.63, 3.8) is 0 Å². The van der Waals surface area contributed by atoms with Crippen molar-refractivity contribution >= 4 is 45.1 Å². The van der Waals surface area contributed by atoms with Gasteiger partial charge in [0.1, 0.15) is 11.5 Å². The van der Waals surface area contributed by atoms with Crippen LogP contribution in [0.2, 0.25) is 5.02 Å². The number of carbonyl (C=O) groups is 2. The monoisotopic (exact) mass is 455 g/mol. The topological polar surface area (TPSA) is 73.9 Å². The Labute approximate surface area is 170 Å². The molecule has 0 bridgehead atoms. The summed E-state index contributed by atoms with van der Waals surface area (Å²) < 4.78 is 16.2. The Hall–Kier alpha value is -2.25. The van der Waals surface area contributed by atoms with Crippen molar-refractivity contribution in [1.82, 2.24) is 0 Å². The molecule has 1 amide bonds. The fraction of sp³-hybridized carbons (Fsp3) is 0.263. The molecule has 2 aromatic rings. The summed E-state index contributed by atoms with van der Waals surface area (Å²) in [5, 5.41) is 2.98. The molecule has 144 valence electrons. The number of methoxy groups -OCH3 is 2. The van der Waals surface area contributed by atoms with Crippen molar-refractivity contribution in [2.24, 2.45) is 0 Å². The molecule has 0 aliphatic heterocycles. The molecule has 2 aromatic carbocycles. The molecule has 0 aromatic heterocycles. The van der Waals surface area contributed by atoms with Gasteiger partial charge >= 0.3 is 5.97 Å².